The second-order valence-corrected chi connectivity index (χ2v) is 28.9. The van der Waals surface area contributed by atoms with Gasteiger partial charge in [-0.15, -0.1) is 0 Å². The predicted molar refractivity (Wildman–Crippen MR) is 446 cm³/mol. The van der Waals surface area contributed by atoms with Crippen LogP contribution in [0.2, 0.25) is 0 Å². The fourth-order valence-electron chi connectivity index (χ4n) is 16.5. The van der Waals surface area contributed by atoms with Crippen LogP contribution < -0.4 is 39.2 Å². The highest BCUT2D eigenvalue weighted by molar-refractivity contribution is 6.14. The zero-order valence-electron chi connectivity index (χ0n) is 74.2. The van der Waals surface area contributed by atoms with E-state index in [4.69, 9.17) is 32.7 Å². The van der Waals surface area contributed by atoms with E-state index in [1.54, 1.807) is 23.2 Å². The second-order valence-electron chi connectivity index (χ2n) is 28.9. The lowest BCUT2D eigenvalue weighted by atomic mass is 10.1. The standard InChI is InChI=1S/2C24H25N3O.C22H21N3O.C21H20N4O/c2*1-14(2)26-17(5)27(21-9-7-6-8-20(21)26)22-15(3)10-12-18-19-13-11-16(4)25-24(19)28-23(18)22;1-13-9-11-16-17-12-10-14(2)23-22(17)26-21(16)20(13)25-15(3)24(4)18-7-5-6-8-19(18)25;1-12-7-9-15-16-10-8-13(2)23-21(16)26-19(15)18(12)25-14(3)24(4)17-6-5-11-22-20(17)25/h2*6-14,17H,1-5H3;5-12,15H,1-4H3;5-11,14H,1-4H3/i1D3,14D;14D;2*4D3. The van der Waals surface area contributed by atoms with Gasteiger partial charge in [-0.25, -0.2) is 24.9 Å². The summed E-state index contributed by atoms with van der Waals surface area (Å²) in [6.45, 7) is 22.1. The number of aryl methyl sites for hydroxylation is 8. The Bertz CT molecular complexity index is 6270. The lowest BCUT2D eigenvalue weighted by Crippen LogP contribution is -2.42. The van der Waals surface area contributed by atoms with Crippen molar-refractivity contribution in [1.29, 1.82) is 0 Å². The van der Waals surface area contributed by atoms with Gasteiger partial charge in [0.1, 0.15) is 24.7 Å². The summed E-state index contributed by atoms with van der Waals surface area (Å²) >= 11 is 0. The largest absolute Gasteiger partial charge is 0.435 e. The third kappa shape index (κ3) is 11.0. The Morgan fingerprint density at radius 3 is 0.981 bits per heavy atom. The van der Waals surface area contributed by atoms with Crippen molar-refractivity contribution in [2.75, 3.05) is 53.2 Å². The Kier molecular flexibility index (Phi) is 14.0. The van der Waals surface area contributed by atoms with Crippen LogP contribution in [0.25, 0.3) is 88.3 Å². The number of anilines is 12. The van der Waals surface area contributed by atoms with Crippen molar-refractivity contribution in [2.45, 2.75) is 147 Å². The summed E-state index contributed by atoms with van der Waals surface area (Å²) < 4.78 is 115. The van der Waals surface area contributed by atoms with Crippen LogP contribution in [0.4, 0.5) is 68.4 Å². The van der Waals surface area contributed by atoms with E-state index in [2.05, 4.69) is 101 Å². The van der Waals surface area contributed by atoms with Crippen molar-refractivity contribution < 1.29 is 32.7 Å². The van der Waals surface area contributed by atoms with Crippen molar-refractivity contribution in [3.8, 4) is 0 Å². The van der Waals surface area contributed by atoms with Gasteiger partial charge in [0.05, 0.1) is 65.3 Å². The summed E-state index contributed by atoms with van der Waals surface area (Å²) in [4.78, 5) is 37.9. The van der Waals surface area contributed by atoms with Crippen molar-refractivity contribution in [3.63, 3.8) is 0 Å². The molecule has 17 heteroatoms. The molecule has 9 aromatic heterocycles. The minimum Gasteiger partial charge on any atom is -0.435 e. The lowest BCUT2D eigenvalue weighted by molar-refractivity contribution is 0.601. The molecule has 544 valence electrons. The second kappa shape index (κ2) is 26.4. The molecule has 0 saturated carbocycles. The lowest BCUT2D eigenvalue weighted by Gasteiger charge is -2.33. The third-order valence-corrected chi connectivity index (χ3v) is 21.5. The van der Waals surface area contributed by atoms with Gasteiger partial charge in [-0.1, -0.05) is 84.9 Å². The zero-order valence-corrected chi connectivity index (χ0v) is 63.2. The van der Waals surface area contributed by atoms with Crippen LogP contribution in [0, 0.1) is 55.4 Å². The van der Waals surface area contributed by atoms with E-state index in [0.717, 1.165) is 150 Å². The number of furan rings is 4. The van der Waals surface area contributed by atoms with Gasteiger partial charge in [-0.3, -0.25) is 0 Å². The van der Waals surface area contributed by atoms with Crippen LogP contribution >= 0.6 is 0 Å². The highest BCUT2D eigenvalue weighted by Crippen LogP contribution is 2.54. The van der Waals surface area contributed by atoms with Gasteiger partial charge in [0, 0.05) is 110 Å². The molecule has 16 aromatic rings. The van der Waals surface area contributed by atoms with Gasteiger partial charge < -0.3 is 56.9 Å². The molecule has 0 saturated heterocycles. The van der Waals surface area contributed by atoms with E-state index in [1.165, 1.54) is 16.7 Å². The minimum absolute atomic E-state index is 0.0212. The number of rotatable bonds is 6. The summed E-state index contributed by atoms with van der Waals surface area (Å²) in [7, 11) is 0. The van der Waals surface area contributed by atoms with E-state index in [9.17, 15) is 0 Å². The van der Waals surface area contributed by atoms with E-state index in [-0.39, 0.29) is 6.17 Å². The quantitative estimate of drug-likeness (QED) is 0.156. The first-order chi connectivity index (χ1) is 56.3. The van der Waals surface area contributed by atoms with Crippen LogP contribution in [-0.2, 0) is 0 Å². The number of para-hydroxylation sites is 6. The maximum absolute atomic E-state index is 8.82. The first-order valence-electron chi connectivity index (χ1n) is 42.1. The van der Waals surface area contributed by atoms with Gasteiger partial charge in [0.2, 0.25) is 22.9 Å². The zero-order chi connectivity index (χ0) is 84.5. The maximum Gasteiger partial charge on any atom is 0.227 e. The Hall–Kier alpha value is -12.1. The first-order valence-corrected chi connectivity index (χ1v) is 36.6. The molecule has 108 heavy (non-hydrogen) atoms. The SMILES string of the molecule is [2H]C(C)(C)N1c2ccccc2N(c2c(C)ccc3c2oc2nc(C)ccc23)C1C.[2H]C([2H])([2H])C([2H])(C)N1c2ccccc2N(c2c(C)ccc3c2oc2nc(C)ccc23)C1C.[2H]C([2H])([2H])N1c2ccccc2N(c2c(C)ccc3c2oc2nc(C)ccc23)C1C.[2H]C([2H])([2H])N1c2cccnc2N(c2c(C)ccc3c2oc2nc(C)ccc23)C1C. The first kappa shape index (κ1) is 57.2. The van der Waals surface area contributed by atoms with Gasteiger partial charge in [-0.2, -0.15) is 0 Å². The number of benzene rings is 7. The Morgan fingerprint density at radius 2 is 0.620 bits per heavy atom. The van der Waals surface area contributed by atoms with Crippen LogP contribution in [0.5, 0.6) is 0 Å². The Balaban J connectivity index is 0.000000114. The van der Waals surface area contributed by atoms with Crippen LogP contribution in [0.15, 0.2) is 206 Å². The van der Waals surface area contributed by atoms with Gasteiger partial charge in [0.15, 0.2) is 28.1 Å². The van der Waals surface area contributed by atoms with Crippen molar-refractivity contribution in [2.24, 2.45) is 0 Å². The highest BCUT2D eigenvalue weighted by atomic mass is 16.4. The van der Waals surface area contributed by atoms with Crippen molar-refractivity contribution >= 4 is 157 Å². The smallest absolute Gasteiger partial charge is 0.227 e. The van der Waals surface area contributed by atoms with Crippen LogP contribution in [0.3, 0.4) is 0 Å². The Morgan fingerprint density at radius 1 is 0.324 bits per heavy atom. The molecule has 0 fully saturated rings. The fraction of sp³-hybridized carbons (Fsp3) is 0.264. The molecule has 5 unspecified atom stereocenters. The molecule has 0 aliphatic carbocycles. The summed E-state index contributed by atoms with van der Waals surface area (Å²) in [5, 5.41) is 7.82. The topological polar surface area (TPSA) is 143 Å². The van der Waals surface area contributed by atoms with Gasteiger partial charge >= 0.3 is 0 Å². The molecule has 20 rings (SSSR count). The third-order valence-electron chi connectivity index (χ3n) is 21.5. The molecule has 17 nitrogen and oxygen atoms in total. The van der Waals surface area contributed by atoms with E-state index >= 15 is 0 Å². The van der Waals surface area contributed by atoms with E-state index in [0.29, 0.717) is 51.2 Å². The van der Waals surface area contributed by atoms with Crippen LogP contribution in [0.1, 0.15) is 115 Å². The molecular weight excluding hydrogens is 1340 g/mol. The normalized spacial score (nSPS) is 19.1. The monoisotopic (exact) mass is 1440 g/mol. The molecular formula is C91H91N13O4. The van der Waals surface area contributed by atoms with Gasteiger partial charge in [-0.05, 0) is 230 Å². The number of pyridine rings is 5. The maximum atomic E-state index is 8.82. The summed E-state index contributed by atoms with van der Waals surface area (Å²) in [6.07, 6.45) is 0.391. The van der Waals surface area contributed by atoms with Crippen molar-refractivity contribution in [1.82, 2.24) is 24.9 Å². The molecule has 5 atom stereocenters. The highest BCUT2D eigenvalue weighted by Gasteiger charge is 2.41. The number of hydrogen-bond acceptors (Lipinski definition) is 17. The van der Waals surface area contributed by atoms with E-state index < -0.39 is 51.3 Å². The predicted octanol–water partition coefficient (Wildman–Crippen LogP) is 23.1. The number of aromatic nitrogens is 5. The van der Waals surface area contributed by atoms with Crippen molar-refractivity contribution in [3.05, 3.63) is 233 Å². The molecule has 4 aliphatic rings. The van der Waals surface area contributed by atoms with Gasteiger partial charge in [0.25, 0.3) is 0 Å². The van der Waals surface area contributed by atoms with Crippen LogP contribution in [-0.4, -0.2) is 75.6 Å². The number of nitrogens with zero attached hydrogens (tertiary/aromatic N) is 13. The fourth-order valence-corrected chi connectivity index (χ4v) is 16.5. The average Bonchev–Trinajstić information content (AvgIpc) is 1.59. The molecule has 0 bridgehead atoms. The molecule has 13 heterocycles. The minimum atomic E-state index is -2.49. The average molecular weight is 1440 g/mol. The number of hydrogen-bond donors (Lipinski definition) is 0. The number of fused-ring (bicyclic) bond motifs is 16. The molecule has 7 aromatic carbocycles. The molecule has 0 radical (unpaired) electrons. The summed E-state index contributed by atoms with van der Waals surface area (Å²) in [6, 6.07) is 57.1. The van der Waals surface area contributed by atoms with E-state index in [1.807, 2.05) is 215 Å². The Labute approximate surface area is 645 Å². The molecule has 0 N–H and O–H groups in total. The molecule has 4 aliphatic heterocycles. The molecule has 0 spiro atoms. The summed E-state index contributed by atoms with van der Waals surface area (Å²) in [5.74, 6) is 0.608. The molecule has 0 amide bonds. The summed E-state index contributed by atoms with van der Waals surface area (Å²) in [5.41, 5.74) is 22.6.